The average molecular weight is 314 g/mol. The molecule has 0 radical (unpaired) electrons. The maximum absolute atomic E-state index is 12.7. The van der Waals surface area contributed by atoms with Crippen molar-refractivity contribution in [1.82, 2.24) is 29.6 Å². The summed E-state index contributed by atoms with van der Waals surface area (Å²) in [5.74, 6) is -0.306. The van der Waals surface area contributed by atoms with Gasteiger partial charge in [0.1, 0.15) is 17.8 Å². The first kappa shape index (κ1) is 14.8. The van der Waals surface area contributed by atoms with Crippen molar-refractivity contribution in [1.29, 1.82) is 0 Å². The van der Waals surface area contributed by atoms with Gasteiger partial charge in [-0.25, -0.2) is 9.67 Å². The number of aryl methyl sites for hydroxylation is 1. The number of tetrazole rings is 1. The summed E-state index contributed by atoms with van der Waals surface area (Å²) in [5.41, 5.74) is 1.19. The second-order valence-corrected chi connectivity index (χ2v) is 4.80. The Bertz CT molecular complexity index is 930. The number of ether oxygens (including phenoxy) is 1. The first-order chi connectivity index (χ1) is 11.1. The standard InChI is InChI=1S/C14H14N6O3/c1-3-23-12(21)8-19-13(16-17-18-19)10-7-15-11-6-4-5-9(2)20(11)14(10)22/h4-7H,3,8H2,1-2H3. The quantitative estimate of drug-likeness (QED) is 0.634. The van der Waals surface area contributed by atoms with Crippen LogP contribution >= 0.6 is 0 Å². The molecule has 0 aliphatic rings. The zero-order valence-corrected chi connectivity index (χ0v) is 12.6. The smallest absolute Gasteiger partial charge is 0.327 e. The number of hydrogen-bond donors (Lipinski definition) is 0. The fraction of sp³-hybridized carbons (Fsp3) is 0.286. The molecule has 23 heavy (non-hydrogen) atoms. The van der Waals surface area contributed by atoms with Crippen molar-refractivity contribution in [2.75, 3.05) is 6.61 Å². The van der Waals surface area contributed by atoms with Gasteiger partial charge in [-0.1, -0.05) is 6.07 Å². The molecule has 0 aliphatic carbocycles. The molecule has 9 heteroatoms. The van der Waals surface area contributed by atoms with Crippen LogP contribution in [0.4, 0.5) is 0 Å². The van der Waals surface area contributed by atoms with Gasteiger partial charge < -0.3 is 4.74 Å². The van der Waals surface area contributed by atoms with Gasteiger partial charge in [-0.3, -0.25) is 14.0 Å². The third-order valence-electron chi connectivity index (χ3n) is 3.28. The fourth-order valence-electron chi connectivity index (χ4n) is 2.26. The fourth-order valence-corrected chi connectivity index (χ4v) is 2.26. The highest BCUT2D eigenvalue weighted by molar-refractivity contribution is 5.70. The zero-order chi connectivity index (χ0) is 16.4. The van der Waals surface area contributed by atoms with Gasteiger partial charge in [0.15, 0.2) is 5.82 Å². The molecule has 3 rings (SSSR count). The van der Waals surface area contributed by atoms with Crippen molar-refractivity contribution in [3.63, 3.8) is 0 Å². The molecule has 9 nitrogen and oxygen atoms in total. The molecule has 0 unspecified atom stereocenters. The van der Waals surface area contributed by atoms with Crippen molar-refractivity contribution >= 4 is 11.6 Å². The van der Waals surface area contributed by atoms with E-state index in [-0.39, 0.29) is 30.1 Å². The molecule has 118 valence electrons. The van der Waals surface area contributed by atoms with Crippen LogP contribution in [0.15, 0.2) is 29.2 Å². The Kier molecular flexibility index (Phi) is 3.83. The van der Waals surface area contributed by atoms with Gasteiger partial charge in [0.25, 0.3) is 5.56 Å². The first-order valence-corrected chi connectivity index (χ1v) is 7.01. The highest BCUT2D eigenvalue weighted by atomic mass is 16.5. The van der Waals surface area contributed by atoms with Crippen molar-refractivity contribution < 1.29 is 9.53 Å². The van der Waals surface area contributed by atoms with Gasteiger partial charge in [-0.2, -0.15) is 0 Å². The number of aromatic nitrogens is 6. The van der Waals surface area contributed by atoms with Crippen LogP contribution in [0.1, 0.15) is 12.6 Å². The molecule has 0 aromatic carbocycles. The molecule has 0 bridgehead atoms. The lowest BCUT2D eigenvalue weighted by Crippen LogP contribution is -2.22. The molecule has 3 aromatic heterocycles. The molecule has 0 aliphatic heterocycles. The minimum Gasteiger partial charge on any atom is -0.465 e. The Morgan fingerprint density at radius 1 is 1.35 bits per heavy atom. The van der Waals surface area contributed by atoms with E-state index in [2.05, 4.69) is 20.5 Å². The number of carbonyl (C=O) groups is 1. The van der Waals surface area contributed by atoms with Crippen LogP contribution in [0.25, 0.3) is 17.0 Å². The van der Waals surface area contributed by atoms with Crippen LogP contribution in [0.5, 0.6) is 0 Å². The van der Waals surface area contributed by atoms with Crippen LogP contribution in [0.3, 0.4) is 0 Å². The molecule has 0 amide bonds. The van der Waals surface area contributed by atoms with E-state index in [1.807, 2.05) is 6.07 Å². The minimum absolute atomic E-state index is 0.174. The van der Waals surface area contributed by atoms with Crippen molar-refractivity contribution in [3.8, 4) is 11.4 Å². The lowest BCUT2D eigenvalue weighted by atomic mass is 10.3. The number of nitrogens with zero attached hydrogens (tertiary/aromatic N) is 6. The summed E-state index contributed by atoms with van der Waals surface area (Å²) in [4.78, 5) is 28.6. The third kappa shape index (κ3) is 2.68. The lowest BCUT2D eigenvalue weighted by Gasteiger charge is -2.07. The Morgan fingerprint density at radius 3 is 2.96 bits per heavy atom. The monoisotopic (exact) mass is 314 g/mol. The number of rotatable bonds is 4. The van der Waals surface area contributed by atoms with E-state index in [9.17, 15) is 9.59 Å². The number of pyridine rings is 1. The van der Waals surface area contributed by atoms with Crippen molar-refractivity contribution in [3.05, 3.63) is 40.4 Å². The molecule has 3 heterocycles. The second-order valence-electron chi connectivity index (χ2n) is 4.80. The van der Waals surface area contributed by atoms with Gasteiger partial charge in [0.2, 0.25) is 0 Å². The lowest BCUT2D eigenvalue weighted by molar-refractivity contribution is -0.144. The highest BCUT2D eigenvalue weighted by Gasteiger charge is 2.17. The van der Waals surface area contributed by atoms with Crippen LogP contribution in [0, 0.1) is 6.92 Å². The summed E-state index contributed by atoms with van der Waals surface area (Å²) in [6.45, 7) is 3.60. The highest BCUT2D eigenvalue weighted by Crippen LogP contribution is 2.12. The van der Waals surface area contributed by atoms with Crippen LogP contribution < -0.4 is 5.56 Å². The van der Waals surface area contributed by atoms with Gasteiger partial charge in [-0.05, 0) is 36.4 Å². The third-order valence-corrected chi connectivity index (χ3v) is 3.28. The Morgan fingerprint density at radius 2 is 2.17 bits per heavy atom. The van der Waals surface area contributed by atoms with Gasteiger partial charge in [0.05, 0.1) is 6.61 Å². The summed E-state index contributed by atoms with van der Waals surface area (Å²) in [6.07, 6.45) is 1.41. The van der Waals surface area contributed by atoms with Crippen LogP contribution in [0.2, 0.25) is 0 Å². The van der Waals surface area contributed by atoms with Crippen LogP contribution in [-0.2, 0) is 16.1 Å². The maximum atomic E-state index is 12.7. The van der Waals surface area contributed by atoms with E-state index >= 15 is 0 Å². The summed E-state index contributed by atoms with van der Waals surface area (Å²) < 4.78 is 7.57. The van der Waals surface area contributed by atoms with E-state index in [1.165, 1.54) is 15.3 Å². The zero-order valence-electron chi connectivity index (χ0n) is 12.6. The topological polar surface area (TPSA) is 104 Å². The average Bonchev–Trinajstić information content (AvgIpc) is 2.95. The van der Waals surface area contributed by atoms with Crippen LogP contribution in [-0.4, -0.2) is 42.2 Å². The molecule has 0 N–H and O–H groups in total. The van der Waals surface area contributed by atoms with Crippen molar-refractivity contribution in [2.45, 2.75) is 20.4 Å². The van der Waals surface area contributed by atoms with Gasteiger partial charge in [-0.15, -0.1) is 5.10 Å². The summed E-state index contributed by atoms with van der Waals surface area (Å²) >= 11 is 0. The minimum atomic E-state index is -0.480. The normalized spacial score (nSPS) is 10.9. The first-order valence-electron chi connectivity index (χ1n) is 7.01. The van der Waals surface area contributed by atoms with Crippen molar-refractivity contribution in [2.24, 2.45) is 0 Å². The Labute approximate surface area is 130 Å². The SMILES string of the molecule is CCOC(=O)Cn1nnnc1-c1cnc2cccc(C)n2c1=O. The molecular formula is C14H14N6O3. The number of esters is 1. The second kappa shape index (κ2) is 5.95. The molecule has 3 aromatic rings. The van der Waals surface area contributed by atoms with Gasteiger partial charge >= 0.3 is 5.97 Å². The maximum Gasteiger partial charge on any atom is 0.327 e. The van der Waals surface area contributed by atoms with E-state index in [1.54, 1.807) is 26.0 Å². The molecule has 0 spiro atoms. The number of fused-ring (bicyclic) bond motifs is 1. The van der Waals surface area contributed by atoms with Gasteiger partial charge in [0, 0.05) is 11.9 Å². The molecular weight excluding hydrogens is 300 g/mol. The summed E-state index contributed by atoms with van der Waals surface area (Å²) in [5, 5.41) is 11.1. The number of hydrogen-bond acceptors (Lipinski definition) is 7. The molecule has 0 saturated heterocycles. The largest absolute Gasteiger partial charge is 0.465 e. The van der Waals surface area contributed by atoms with E-state index in [0.717, 1.165) is 5.69 Å². The summed E-state index contributed by atoms with van der Waals surface area (Å²) in [6, 6.07) is 5.36. The predicted octanol–water partition coefficient (Wildman–Crippen LogP) is 0.220. The molecule has 0 atom stereocenters. The molecule has 0 fully saturated rings. The predicted molar refractivity (Wildman–Crippen MR) is 79.6 cm³/mol. The Balaban J connectivity index is 2.10. The van der Waals surface area contributed by atoms with E-state index in [4.69, 9.17) is 4.74 Å². The Hall–Kier alpha value is -3.10. The van der Waals surface area contributed by atoms with E-state index in [0.29, 0.717) is 5.65 Å². The summed E-state index contributed by atoms with van der Waals surface area (Å²) in [7, 11) is 0. The van der Waals surface area contributed by atoms with E-state index < -0.39 is 5.97 Å². The molecule has 0 saturated carbocycles. The number of carbonyl (C=O) groups excluding carboxylic acids is 1.